The molecule has 144 valence electrons. The molecule has 2 aromatic rings. The zero-order valence-corrected chi connectivity index (χ0v) is 15.6. The van der Waals surface area contributed by atoms with E-state index >= 15 is 0 Å². The van der Waals surface area contributed by atoms with Gasteiger partial charge in [0.2, 0.25) is 0 Å². The molecule has 0 saturated carbocycles. The van der Waals surface area contributed by atoms with Crippen molar-refractivity contribution in [3.05, 3.63) is 65.5 Å². The summed E-state index contributed by atoms with van der Waals surface area (Å²) in [6, 6.07) is 14.7. The number of nitrogens with zero attached hydrogens (tertiary/aromatic N) is 1. The minimum Gasteiger partial charge on any atom is -0.484 e. The van der Waals surface area contributed by atoms with E-state index in [-0.39, 0.29) is 12.4 Å². The van der Waals surface area contributed by atoms with Crippen molar-refractivity contribution in [3.8, 4) is 5.75 Å². The van der Waals surface area contributed by atoms with Crippen LogP contribution in [0.5, 0.6) is 5.75 Å². The molecule has 1 atom stereocenters. The lowest BCUT2D eigenvalue weighted by atomic mass is 9.91. The summed E-state index contributed by atoms with van der Waals surface area (Å²) in [5, 5.41) is 0. The molecule has 1 fully saturated rings. The summed E-state index contributed by atoms with van der Waals surface area (Å²) in [6.45, 7) is 2.95. The van der Waals surface area contributed by atoms with Crippen LogP contribution in [0.1, 0.15) is 30.4 Å². The van der Waals surface area contributed by atoms with E-state index in [9.17, 15) is 9.18 Å². The van der Waals surface area contributed by atoms with Crippen LogP contribution >= 0.6 is 0 Å². The minimum atomic E-state index is -0.472. The number of amides is 1. The van der Waals surface area contributed by atoms with Crippen LogP contribution in [0.15, 0.2) is 48.5 Å². The van der Waals surface area contributed by atoms with Gasteiger partial charge in [-0.05, 0) is 73.5 Å². The van der Waals surface area contributed by atoms with Crippen molar-refractivity contribution in [3.63, 3.8) is 0 Å². The van der Waals surface area contributed by atoms with E-state index in [0.717, 1.165) is 32.5 Å². The number of piperidine rings is 1. The first-order valence-electron chi connectivity index (χ1n) is 9.55. The molecule has 1 heterocycles. The van der Waals surface area contributed by atoms with Crippen LogP contribution in [-0.4, -0.2) is 30.5 Å². The first kappa shape index (κ1) is 19.4. The zero-order valence-electron chi connectivity index (χ0n) is 15.6. The van der Waals surface area contributed by atoms with Gasteiger partial charge in [-0.15, -0.1) is 0 Å². The molecule has 0 spiro atoms. The topological polar surface area (TPSA) is 55.6 Å². The standard InChI is InChI=1S/C22H27FN2O2/c23-20-10-8-17(9-11-20)6-7-18-4-2-12-25(14-18)15-19-3-1-5-21(13-19)27-16-22(24)26/h1,3,5,8-11,13,18H,2,4,6-7,12,14-16H2,(H2,24,26)/t18-/m1/s1. The van der Waals surface area contributed by atoms with Crippen molar-refractivity contribution in [2.45, 2.75) is 32.2 Å². The van der Waals surface area contributed by atoms with Gasteiger partial charge in [-0.1, -0.05) is 24.3 Å². The highest BCUT2D eigenvalue weighted by molar-refractivity contribution is 5.75. The van der Waals surface area contributed by atoms with Gasteiger partial charge in [0.1, 0.15) is 11.6 Å². The lowest BCUT2D eigenvalue weighted by molar-refractivity contribution is -0.119. The average Bonchev–Trinajstić information content (AvgIpc) is 2.67. The van der Waals surface area contributed by atoms with Gasteiger partial charge < -0.3 is 10.5 Å². The van der Waals surface area contributed by atoms with Crippen LogP contribution in [0.3, 0.4) is 0 Å². The van der Waals surface area contributed by atoms with Crippen molar-refractivity contribution in [1.82, 2.24) is 4.90 Å². The number of nitrogens with two attached hydrogens (primary N) is 1. The van der Waals surface area contributed by atoms with Crippen molar-refractivity contribution in [2.24, 2.45) is 11.7 Å². The second kappa shape index (κ2) is 9.51. The van der Waals surface area contributed by atoms with Gasteiger partial charge in [-0.25, -0.2) is 4.39 Å². The van der Waals surface area contributed by atoms with Crippen molar-refractivity contribution >= 4 is 5.91 Å². The maximum absolute atomic E-state index is 13.0. The number of hydrogen-bond acceptors (Lipinski definition) is 3. The number of primary amides is 1. The number of benzene rings is 2. The quantitative estimate of drug-likeness (QED) is 0.773. The Hall–Kier alpha value is -2.40. The molecule has 1 aliphatic heterocycles. The third kappa shape index (κ3) is 6.36. The highest BCUT2D eigenvalue weighted by Gasteiger charge is 2.20. The van der Waals surface area contributed by atoms with Crippen LogP contribution in [0.25, 0.3) is 0 Å². The Labute approximate surface area is 160 Å². The number of halogens is 1. The molecule has 3 rings (SSSR count). The summed E-state index contributed by atoms with van der Waals surface area (Å²) in [7, 11) is 0. The third-order valence-corrected chi connectivity index (χ3v) is 5.04. The molecule has 1 aliphatic rings. The third-order valence-electron chi connectivity index (χ3n) is 5.04. The zero-order chi connectivity index (χ0) is 19.1. The first-order valence-corrected chi connectivity index (χ1v) is 9.55. The molecule has 0 unspecified atom stereocenters. The normalized spacial score (nSPS) is 17.6. The largest absolute Gasteiger partial charge is 0.484 e. The number of aryl methyl sites for hydroxylation is 1. The van der Waals surface area contributed by atoms with E-state index in [4.69, 9.17) is 10.5 Å². The van der Waals surface area contributed by atoms with Crippen LogP contribution in [0.2, 0.25) is 0 Å². The van der Waals surface area contributed by atoms with Crippen LogP contribution in [0, 0.1) is 11.7 Å². The molecule has 2 N–H and O–H groups in total. The van der Waals surface area contributed by atoms with E-state index in [1.54, 1.807) is 0 Å². The molecule has 0 aliphatic carbocycles. The predicted molar refractivity (Wildman–Crippen MR) is 104 cm³/mol. The molecule has 5 heteroatoms. The summed E-state index contributed by atoms with van der Waals surface area (Å²) >= 11 is 0. The first-order chi connectivity index (χ1) is 13.1. The molecule has 1 amide bonds. The molecule has 4 nitrogen and oxygen atoms in total. The summed E-state index contributed by atoms with van der Waals surface area (Å²) in [6.07, 6.45) is 4.57. The summed E-state index contributed by atoms with van der Waals surface area (Å²) in [5.41, 5.74) is 7.51. The molecular formula is C22H27FN2O2. The molecule has 0 bridgehead atoms. The fourth-order valence-electron chi connectivity index (χ4n) is 3.70. The van der Waals surface area contributed by atoms with Crippen molar-refractivity contribution < 1.29 is 13.9 Å². The number of ether oxygens (including phenoxy) is 1. The summed E-state index contributed by atoms with van der Waals surface area (Å²) < 4.78 is 18.4. The number of carbonyl (C=O) groups is 1. The van der Waals surface area contributed by atoms with Gasteiger partial charge >= 0.3 is 0 Å². The van der Waals surface area contributed by atoms with Crippen molar-refractivity contribution in [2.75, 3.05) is 19.7 Å². The maximum Gasteiger partial charge on any atom is 0.255 e. The molecular weight excluding hydrogens is 343 g/mol. The Bertz CT molecular complexity index is 748. The van der Waals surface area contributed by atoms with Gasteiger partial charge in [-0.3, -0.25) is 9.69 Å². The fourth-order valence-corrected chi connectivity index (χ4v) is 3.70. The van der Waals surface area contributed by atoms with E-state index in [2.05, 4.69) is 11.0 Å². The maximum atomic E-state index is 13.0. The lowest BCUT2D eigenvalue weighted by Gasteiger charge is -2.33. The molecule has 2 aromatic carbocycles. The molecule has 1 saturated heterocycles. The van der Waals surface area contributed by atoms with E-state index in [1.807, 2.05) is 30.3 Å². The number of rotatable bonds is 8. The summed E-state index contributed by atoms with van der Waals surface area (Å²) in [4.78, 5) is 13.3. The van der Waals surface area contributed by atoms with Gasteiger partial charge in [0.05, 0.1) is 0 Å². The molecule has 0 aromatic heterocycles. The Morgan fingerprint density at radius 3 is 2.78 bits per heavy atom. The number of likely N-dealkylation sites (tertiary alicyclic amines) is 1. The second-order valence-electron chi connectivity index (χ2n) is 7.31. The smallest absolute Gasteiger partial charge is 0.255 e. The monoisotopic (exact) mass is 370 g/mol. The van der Waals surface area contributed by atoms with Crippen molar-refractivity contribution in [1.29, 1.82) is 0 Å². The van der Waals surface area contributed by atoms with Crippen LogP contribution in [-0.2, 0) is 17.8 Å². The Balaban J connectivity index is 1.50. The number of hydrogen-bond donors (Lipinski definition) is 1. The predicted octanol–water partition coefficient (Wildman–Crippen LogP) is 3.53. The highest BCUT2D eigenvalue weighted by Crippen LogP contribution is 2.24. The van der Waals surface area contributed by atoms with E-state index in [0.29, 0.717) is 11.7 Å². The second-order valence-corrected chi connectivity index (χ2v) is 7.31. The Morgan fingerprint density at radius 2 is 2.00 bits per heavy atom. The number of carbonyl (C=O) groups excluding carboxylic acids is 1. The summed E-state index contributed by atoms with van der Waals surface area (Å²) in [5.74, 6) is 0.694. The van der Waals surface area contributed by atoms with Gasteiger partial charge in [-0.2, -0.15) is 0 Å². The average molecular weight is 370 g/mol. The molecule has 27 heavy (non-hydrogen) atoms. The van der Waals surface area contributed by atoms with E-state index in [1.165, 1.54) is 36.1 Å². The fraction of sp³-hybridized carbons (Fsp3) is 0.409. The van der Waals surface area contributed by atoms with E-state index < -0.39 is 5.91 Å². The highest BCUT2D eigenvalue weighted by atomic mass is 19.1. The SMILES string of the molecule is NC(=O)COc1cccc(CN2CCC[C@H](CCc3ccc(F)cc3)C2)c1. The van der Waals surface area contributed by atoms with Gasteiger partial charge in [0.15, 0.2) is 6.61 Å². The van der Waals surface area contributed by atoms with Gasteiger partial charge in [0.25, 0.3) is 5.91 Å². The molecule has 0 radical (unpaired) electrons. The Morgan fingerprint density at radius 1 is 1.19 bits per heavy atom. The van der Waals surface area contributed by atoms with Crippen LogP contribution in [0.4, 0.5) is 4.39 Å². The van der Waals surface area contributed by atoms with Crippen LogP contribution < -0.4 is 10.5 Å². The minimum absolute atomic E-state index is 0.0986. The Kier molecular flexibility index (Phi) is 6.82. The van der Waals surface area contributed by atoms with Gasteiger partial charge in [0, 0.05) is 13.1 Å². The lowest BCUT2D eigenvalue weighted by Crippen LogP contribution is -2.35.